The fraction of sp³-hybridized carbons (Fsp3) is 0.312. The Balaban J connectivity index is 1.80. The summed E-state index contributed by atoms with van der Waals surface area (Å²) in [6.07, 6.45) is 1.67. The maximum Gasteiger partial charge on any atom is 0.336 e. The molecule has 0 aliphatic carbocycles. The molecule has 0 saturated carbocycles. The van der Waals surface area contributed by atoms with E-state index in [-0.39, 0.29) is 28.9 Å². The molecule has 1 aromatic heterocycles. The minimum absolute atomic E-state index is 0.0140. The number of thioether (sulfide) groups is 1. The molecule has 1 aromatic carbocycles. The van der Waals surface area contributed by atoms with E-state index in [1.807, 2.05) is 6.92 Å². The normalized spacial score (nSPS) is 17.3. The summed E-state index contributed by atoms with van der Waals surface area (Å²) in [5.41, 5.74) is 0.118. The lowest BCUT2D eigenvalue weighted by molar-refractivity contribution is -0.121. The van der Waals surface area contributed by atoms with E-state index < -0.39 is 11.2 Å². The molecule has 1 saturated heterocycles. The summed E-state index contributed by atoms with van der Waals surface area (Å²) in [5, 5.41) is 17.6. The van der Waals surface area contributed by atoms with Crippen LogP contribution in [0.15, 0.2) is 29.2 Å². The molecule has 0 radical (unpaired) electrons. The van der Waals surface area contributed by atoms with Crippen LogP contribution in [0.5, 0.6) is 0 Å². The number of carbonyl (C=O) groups excluding carboxylic acids is 2. The van der Waals surface area contributed by atoms with Gasteiger partial charge in [-0.2, -0.15) is 0 Å². The number of aromatic nitrogens is 2. The molecule has 0 bridgehead atoms. The van der Waals surface area contributed by atoms with Crippen LogP contribution in [-0.4, -0.2) is 38.3 Å². The second-order valence-corrected chi connectivity index (χ2v) is 7.69. The van der Waals surface area contributed by atoms with E-state index in [2.05, 4.69) is 10.2 Å². The van der Waals surface area contributed by atoms with Gasteiger partial charge in [0.2, 0.25) is 16.9 Å². The zero-order valence-corrected chi connectivity index (χ0v) is 15.0. The quantitative estimate of drug-likeness (QED) is 0.772. The van der Waals surface area contributed by atoms with E-state index in [4.69, 9.17) is 0 Å². The van der Waals surface area contributed by atoms with E-state index in [1.54, 1.807) is 18.2 Å². The Kier molecular flexibility index (Phi) is 5.14. The number of imide groups is 1. The molecule has 3 rings (SSSR count). The molecule has 1 atom stereocenters. The van der Waals surface area contributed by atoms with Crippen LogP contribution in [-0.2, 0) is 16.0 Å². The highest BCUT2D eigenvalue weighted by Gasteiger charge is 2.42. The van der Waals surface area contributed by atoms with Crippen molar-refractivity contribution in [2.24, 2.45) is 0 Å². The number of aryl methyl sites for hydroxylation is 1. The summed E-state index contributed by atoms with van der Waals surface area (Å²) in [4.78, 5) is 37.8. The van der Waals surface area contributed by atoms with Gasteiger partial charge >= 0.3 is 5.97 Å². The Bertz CT molecular complexity index is 836. The first-order valence-electron chi connectivity index (χ1n) is 7.69. The van der Waals surface area contributed by atoms with Crippen molar-refractivity contribution in [2.75, 3.05) is 4.90 Å². The summed E-state index contributed by atoms with van der Waals surface area (Å²) in [6.45, 7) is 2.01. The topological polar surface area (TPSA) is 100 Å². The number of carbonyl (C=O) groups is 3. The molecule has 2 amide bonds. The van der Waals surface area contributed by atoms with Gasteiger partial charge in [-0.15, -0.1) is 22.0 Å². The number of anilines is 1. The molecule has 2 heterocycles. The van der Waals surface area contributed by atoms with Crippen molar-refractivity contribution in [1.82, 2.24) is 10.2 Å². The van der Waals surface area contributed by atoms with Crippen LogP contribution < -0.4 is 4.90 Å². The maximum absolute atomic E-state index is 12.6. The van der Waals surface area contributed by atoms with Crippen molar-refractivity contribution >= 4 is 46.0 Å². The lowest BCUT2D eigenvalue weighted by atomic mass is 10.2. The number of carboxylic acid groups (broad SMARTS) is 1. The minimum atomic E-state index is -1.06. The highest BCUT2D eigenvalue weighted by molar-refractivity contribution is 8.00. The van der Waals surface area contributed by atoms with Crippen molar-refractivity contribution in [3.63, 3.8) is 0 Å². The molecular formula is C16H15N3O4S2. The molecule has 2 aromatic rings. The predicted octanol–water partition coefficient (Wildman–Crippen LogP) is 2.61. The first-order chi connectivity index (χ1) is 12.0. The molecule has 7 nitrogen and oxygen atoms in total. The van der Waals surface area contributed by atoms with Crippen LogP contribution in [0, 0.1) is 0 Å². The number of benzene rings is 1. The molecule has 1 unspecified atom stereocenters. The van der Waals surface area contributed by atoms with Gasteiger partial charge in [0.25, 0.3) is 0 Å². The molecule has 1 aliphatic rings. The zero-order valence-electron chi connectivity index (χ0n) is 13.3. The number of carboxylic acids is 1. The fourth-order valence-electron chi connectivity index (χ4n) is 2.45. The van der Waals surface area contributed by atoms with E-state index in [9.17, 15) is 19.5 Å². The maximum atomic E-state index is 12.6. The molecule has 0 spiro atoms. The smallest absolute Gasteiger partial charge is 0.336 e. The second kappa shape index (κ2) is 7.32. The zero-order chi connectivity index (χ0) is 18.0. The molecule has 130 valence electrons. The number of rotatable bonds is 6. The minimum Gasteiger partial charge on any atom is -0.478 e. The highest BCUT2D eigenvalue weighted by Crippen LogP contribution is 2.36. The number of nitrogens with zero attached hydrogens (tertiary/aromatic N) is 3. The van der Waals surface area contributed by atoms with E-state index >= 15 is 0 Å². The van der Waals surface area contributed by atoms with Gasteiger partial charge in [0.1, 0.15) is 5.01 Å². The Morgan fingerprint density at radius 1 is 1.36 bits per heavy atom. The van der Waals surface area contributed by atoms with Crippen LogP contribution in [0.4, 0.5) is 5.13 Å². The Hall–Kier alpha value is -2.26. The monoisotopic (exact) mass is 377 g/mol. The molecule has 9 heteroatoms. The highest BCUT2D eigenvalue weighted by atomic mass is 32.2. The summed E-state index contributed by atoms with van der Waals surface area (Å²) in [6, 6.07) is 6.44. The molecule has 1 N–H and O–H groups in total. The van der Waals surface area contributed by atoms with Crippen molar-refractivity contribution in [2.45, 2.75) is 36.3 Å². The number of aromatic carboxylic acids is 1. The lowest BCUT2D eigenvalue weighted by Gasteiger charge is -2.11. The third-order valence-electron chi connectivity index (χ3n) is 3.60. The summed E-state index contributed by atoms with van der Waals surface area (Å²) >= 11 is 2.33. The average Bonchev–Trinajstić information content (AvgIpc) is 3.13. The van der Waals surface area contributed by atoms with Crippen molar-refractivity contribution in [3.05, 3.63) is 34.8 Å². The molecule has 25 heavy (non-hydrogen) atoms. The van der Waals surface area contributed by atoms with Crippen LogP contribution in [0.25, 0.3) is 0 Å². The van der Waals surface area contributed by atoms with Gasteiger partial charge in [-0.05, 0) is 18.6 Å². The van der Waals surface area contributed by atoms with Crippen LogP contribution in [0.3, 0.4) is 0 Å². The lowest BCUT2D eigenvalue weighted by Crippen LogP contribution is -2.31. The van der Waals surface area contributed by atoms with Gasteiger partial charge in [-0.3, -0.25) is 9.59 Å². The van der Waals surface area contributed by atoms with Crippen molar-refractivity contribution < 1.29 is 19.5 Å². The third-order valence-corrected chi connectivity index (χ3v) is 5.83. The number of hydrogen-bond donors (Lipinski definition) is 1. The first kappa shape index (κ1) is 17.6. The van der Waals surface area contributed by atoms with Crippen molar-refractivity contribution in [1.29, 1.82) is 0 Å². The largest absolute Gasteiger partial charge is 0.478 e. The number of hydrogen-bond acceptors (Lipinski definition) is 7. The molecular weight excluding hydrogens is 362 g/mol. The van der Waals surface area contributed by atoms with E-state index in [1.165, 1.54) is 17.4 Å². The third kappa shape index (κ3) is 3.57. The Morgan fingerprint density at radius 2 is 2.12 bits per heavy atom. The SMILES string of the molecule is CCCc1nnc(N2C(=O)CC(Sc3ccccc3C(=O)O)C2=O)s1. The second-order valence-electron chi connectivity index (χ2n) is 5.41. The summed E-state index contributed by atoms with van der Waals surface area (Å²) in [5.74, 6) is -1.78. The van der Waals surface area contributed by atoms with E-state index in [0.717, 1.165) is 34.5 Å². The summed E-state index contributed by atoms with van der Waals surface area (Å²) < 4.78 is 0. The first-order valence-corrected chi connectivity index (χ1v) is 9.39. The van der Waals surface area contributed by atoms with E-state index in [0.29, 0.717) is 4.90 Å². The standard InChI is InChI=1S/C16H15N3O4S2/c1-2-5-12-17-18-16(25-12)19-13(20)8-11(14(19)21)24-10-7-4-3-6-9(10)15(22)23/h3-4,6-7,11H,2,5,8H2,1H3,(H,22,23). The van der Waals surface area contributed by atoms with Crippen LogP contribution in [0.2, 0.25) is 0 Å². The van der Waals surface area contributed by atoms with Gasteiger partial charge in [0, 0.05) is 17.7 Å². The predicted molar refractivity (Wildman–Crippen MR) is 94.1 cm³/mol. The molecule has 1 aliphatic heterocycles. The van der Waals surface area contributed by atoms with Gasteiger partial charge in [0.05, 0.1) is 10.8 Å². The Morgan fingerprint density at radius 3 is 2.84 bits per heavy atom. The van der Waals surface area contributed by atoms with Gasteiger partial charge in [-0.1, -0.05) is 30.4 Å². The van der Waals surface area contributed by atoms with Gasteiger partial charge in [-0.25, -0.2) is 9.69 Å². The van der Waals surface area contributed by atoms with Crippen LogP contribution in [0.1, 0.15) is 35.1 Å². The van der Waals surface area contributed by atoms with Crippen molar-refractivity contribution in [3.8, 4) is 0 Å². The fourth-order valence-corrected chi connectivity index (χ4v) is 4.59. The molecule has 1 fully saturated rings. The summed E-state index contributed by atoms with van der Waals surface area (Å²) in [7, 11) is 0. The van der Waals surface area contributed by atoms with Crippen LogP contribution >= 0.6 is 23.1 Å². The Labute approximate surface area is 152 Å². The average molecular weight is 377 g/mol. The number of amides is 2. The van der Waals surface area contributed by atoms with Gasteiger partial charge < -0.3 is 5.11 Å². The van der Waals surface area contributed by atoms with Gasteiger partial charge in [0.15, 0.2) is 0 Å².